The summed E-state index contributed by atoms with van der Waals surface area (Å²) in [4.78, 5) is 32.7. The third kappa shape index (κ3) is 3.06. The fraction of sp³-hybridized carbons (Fsp3) is 0.607. The number of para-hydroxylation sites is 1. The lowest BCUT2D eigenvalue weighted by Crippen LogP contribution is -2.54. The predicted octanol–water partition coefficient (Wildman–Crippen LogP) is 6.23. The Morgan fingerprint density at radius 1 is 1.15 bits per heavy atom. The average molecular weight is 478 g/mol. The average Bonchev–Trinajstić information content (AvgIpc) is 3.36. The number of nitrogens with one attached hydrogen (secondary N) is 1. The second kappa shape index (κ2) is 7.64. The molecule has 3 aliphatic carbocycles. The number of carbonyl (C=O) groups excluding carboxylic acids is 2. The standard InChI is InChI=1S/C28H35N3O2S/c1-16-15-17-18-9-10-20(25(33)30-26-29-21-7-5-6-8-22(21)34-26)27(18,2)13-11-19(17)28(3)14-12-23(32)31(4)24(16)28/h5-8,17-20H,9-15H2,1-4H3,(H,29,30,33)/t17-,18-,19-,20+,27-,28+/m0/s1. The Kier molecular flexibility index (Phi) is 5.01. The van der Waals surface area contributed by atoms with Gasteiger partial charge in [-0.25, -0.2) is 4.98 Å². The summed E-state index contributed by atoms with van der Waals surface area (Å²) < 4.78 is 1.11. The topological polar surface area (TPSA) is 62.3 Å². The number of benzene rings is 1. The summed E-state index contributed by atoms with van der Waals surface area (Å²) in [6.45, 7) is 7.05. The predicted molar refractivity (Wildman–Crippen MR) is 136 cm³/mol. The van der Waals surface area contributed by atoms with E-state index in [1.54, 1.807) is 11.3 Å². The second-order valence-corrected chi connectivity index (χ2v) is 12.8. The summed E-state index contributed by atoms with van der Waals surface area (Å²) in [5.74, 6) is 2.23. The number of allylic oxidation sites excluding steroid dienone is 2. The Morgan fingerprint density at radius 3 is 2.74 bits per heavy atom. The lowest BCUT2D eigenvalue weighted by molar-refractivity contribution is -0.137. The van der Waals surface area contributed by atoms with Gasteiger partial charge in [-0.2, -0.15) is 0 Å². The van der Waals surface area contributed by atoms with Crippen LogP contribution in [0.4, 0.5) is 5.13 Å². The number of likely N-dealkylation sites (tertiary alicyclic amines) is 1. The highest BCUT2D eigenvalue weighted by Gasteiger charge is 2.61. The SMILES string of the molecule is CC1=C2N(C)C(=O)CC[C@]2(C)[C@H]2CC[C@]3(C)[C@@H](C(=O)Nc4nc5ccccc5s4)CC[C@H]3[C@@H]2C1. The molecule has 0 radical (unpaired) electrons. The largest absolute Gasteiger partial charge is 0.319 e. The number of anilines is 1. The fourth-order valence-electron chi connectivity index (χ4n) is 8.66. The van der Waals surface area contributed by atoms with Crippen molar-refractivity contribution >= 4 is 38.5 Å². The zero-order chi connectivity index (χ0) is 23.8. The molecular weight excluding hydrogens is 442 g/mol. The molecule has 4 aliphatic rings. The second-order valence-electron chi connectivity index (χ2n) is 11.7. The number of hydrogen-bond donors (Lipinski definition) is 1. The highest BCUT2D eigenvalue weighted by molar-refractivity contribution is 7.22. The van der Waals surface area contributed by atoms with Crippen molar-refractivity contribution in [2.24, 2.45) is 34.5 Å². The fourth-order valence-corrected chi connectivity index (χ4v) is 9.53. The number of aromatic nitrogens is 1. The number of thiazole rings is 1. The Balaban J connectivity index is 1.27. The molecule has 34 heavy (non-hydrogen) atoms. The van der Waals surface area contributed by atoms with Crippen LogP contribution in [0, 0.1) is 34.5 Å². The minimum absolute atomic E-state index is 0.0342. The first-order chi connectivity index (χ1) is 16.2. The van der Waals surface area contributed by atoms with Crippen LogP contribution in [0.3, 0.4) is 0 Å². The molecule has 2 saturated carbocycles. The van der Waals surface area contributed by atoms with Crippen LogP contribution in [0.5, 0.6) is 0 Å². The molecule has 2 amide bonds. The van der Waals surface area contributed by atoms with Gasteiger partial charge < -0.3 is 10.2 Å². The molecular formula is C28H35N3O2S. The normalized spacial score (nSPS) is 37.4. The van der Waals surface area contributed by atoms with E-state index in [1.165, 1.54) is 11.3 Å². The Labute approximate surface area is 206 Å². The van der Waals surface area contributed by atoms with Crippen LogP contribution in [0.2, 0.25) is 0 Å². The maximum absolute atomic E-state index is 13.5. The van der Waals surface area contributed by atoms with E-state index in [9.17, 15) is 9.59 Å². The minimum Gasteiger partial charge on any atom is -0.319 e. The number of amides is 2. The summed E-state index contributed by atoms with van der Waals surface area (Å²) >= 11 is 1.56. The maximum Gasteiger partial charge on any atom is 0.229 e. The smallest absolute Gasteiger partial charge is 0.229 e. The molecule has 6 heteroatoms. The van der Waals surface area contributed by atoms with Crippen molar-refractivity contribution in [2.75, 3.05) is 12.4 Å². The first kappa shape index (κ1) is 22.3. The van der Waals surface area contributed by atoms with Gasteiger partial charge in [-0.05, 0) is 80.8 Å². The molecule has 2 heterocycles. The quantitative estimate of drug-likeness (QED) is 0.558. The number of carbonyl (C=O) groups is 2. The Bertz CT molecular complexity index is 1180. The van der Waals surface area contributed by atoms with Gasteiger partial charge in [0.15, 0.2) is 5.13 Å². The van der Waals surface area contributed by atoms with Crippen molar-refractivity contribution in [3.63, 3.8) is 0 Å². The molecule has 6 rings (SSSR count). The number of fused-ring (bicyclic) bond motifs is 6. The van der Waals surface area contributed by atoms with Gasteiger partial charge >= 0.3 is 0 Å². The molecule has 0 unspecified atom stereocenters. The van der Waals surface area contributed by atoms with Crippen LogP contribution in [0.15, 0.2) is 35.5 Å². The van der Waals surface area contributed by atoms with E-state index < -0.39 is 0 Å². The van der Waals surface area contributed by atoms with Gasteiger partial charge in [-0.15, -0.1) is 0 Å². The zero-order valence-corrected chi connectivity index (χ0v) is 21.5. The van der Waals surface area contributed by atoms with Gasteiger partial charge in [0, 0.05) is 30.5 Å². The number of rotatable bonds is 2. The molecule has 1 saturated heterocycles. The third-order valence-corrected chi connectivity index (χ3v) is 11.1. The van der Waals surface area contributed by atoms with Crippen LogP contribution in [0.1, 0.15) is 65.7 Å². The highest BCUT2D eigenvalue weighted by Crippen LogP contribution is 2.66. The molecule has 2 aromatic rings. The van der Waals surface area contributed by atoms with Crippen LogP contribution in [0.25, 0.3) is 10.2 Å². The highest BCUT2D eigenvalue weighted by atomic mass is 32.1. The maximum atomic E-state index is 13.5. The molecule has 3 fully saturated rings. The van der Waals surface area contributed by atoms with E-state index in [-0.39, 0.29) is 28.6 Å². The van der Waals surface area contributed by atoms with Crippen molar-refractivity contribution in [2.45, 2.75) is 65.7 Å². The summed E-state index contributed by atoms with van der Waals surface area (Å²) in [6.07, 6.45) is 7.03. The first-order valence-corrected chi connectivity index (χ1v) is 13.7. The van der Waals surface area contributed by atoms with E-state index >= 15 is 0 Å². The van der Waals surface area contributed by atoms with Crippen molar-refractivity contribution in [1.29, 1.82) is 0 Å². The van der Waals surface area contributed by atoms with Gasteiger partial charge in [-0.1, -0.05) is 42.9 Å². The molecule has 0 spiro atoms. The van der Waals surface area contributed by atoms with Gasteiger partial charge in [0.25, 0.3) is 0 Å². The van der Waals surface area contributed by atoms with Crippen molar-refractivity contribution in [1.82, 2.24) is 9.88 Å². The lowest BCUT2D eigenvalue weighted by atomic mass is 9.48. The summed E-state index contributed by atoms with van der Waals surface area (Å²) in [5.41, 5.74) is 3.76. The molecule has 180 valence electrons. The molecule has 5 nitrogen and oxygen atoms in total. The van der Waals surface area contributed by atoms with Crippen LogP contribution >= 0.6 is 11.3 Å². The molecule has 6 atom stereocenters. The number of nitrogens with zero attached hydrogens (tertiary/aromatic N) is 2. The van der Waals surface area contributed by atoms with E-state index in [0.29, 0.717) is 24.2 Å². The van der Waals surface area contributed by atoms with Gasteiger partial charge in [0.1, 0.15) is 0 Å². The monoisotopic (exact) mass is 477 g/mol. The Hall–Kier alpha value is -2.21. The number of piperidine rings is 1. The lowest BCUT2D eigenvalue weighted by Gasteiger charge is -2.59. The van der Waals surface area contributed by atoms with Crippen LogP contribution < -0.4 is 5.32 Å². The zero-order valence-electron chi connectivity index (χ0n) is 20.7. The molecule has 1 aromatic carbocycles. The van der Waals surface area contributed by atoms with Gasteiger partial charge in [-0.3, -0.25) is 9.59 Å². The van der Waals surface area contributed by atoms with Gasteiger partial charge in [0.2, 0.25) is 11.8 Å². The Morgan fingerprint density at radius 2 is 1.94 bits per heavy atom. The summed E-state index contributed by atoms with van der Waals surface area (Å²) in [6, 6.07) is 8.06. The molecule has 1 N–H and O–H groups in total. The van der Waals surface area contributed by atoms with E-state index in [2.05, 4.69) is 37.1 Å². The van der Waals surface area contributed by atoms with Crippen molar-refractivity contribution in [3.8, 4) is 0 Å². The van der Waals surface area contributed by atoms with E-state index in [1.807, 2.05) is 30.1 Å². The van der Waals surface area contributed by atoms with Crippen LogP contribution in [-0.4, -0.2) is 28.7 Å². The van der Waals surface area contributed by atoms with Crippen molar-refractivity contribution < 1.29 is 9.59 Å². The minimum atomic E-state index is 0.0342. The first-order valence-electron chi connectivity index (χ1n) is 12.9. The van der Waals surface area contributed by atoms with E-state index in [4.69, 9.17) is 0 Å². The van der Waals surface area contributed by atoms with Crippen molar-refractivity contribution in [3.05, 3.63) is 35.5 Å². The molecule has 0 bridgehead atoms. The van der Waals surface area contributed by atoms with Gasteiger partial charge in [0.05, 0.1) is 10.2 Å². The van der Waals surface area contributed by atoms with E-state index in [0.717, 1.165) is 53.9 Å². The molecule has 1 aliphatic heterocycles. The van der Waals surface area contributed by atoms with Crippen LogP contribution in [-0.2, 0) is 9.59 Å². The molecule has 1 aromatic heterocycles. The number of hydrogen-bond acceptors (Lipinski definition) is 4. The third-order valence-electron chi connectivity index (χ3n) is 10.2. The summed E-state index contributed by atoms with van der Waals surface area (Å²) in [7, 11) is 1.98. The summed E-state index contributed by atoms with van der Waals surface area (Å²) in [5, 5.41) is 3.91.